The van der Waals surface area contributed by atoms with Crippen molar-refractivity contribution in [3.63, 3.8) is 0 Å². The second-order valence-electron chi connectivity index (χ2n) is 8.04. The number of rotatable bonds is 7. The summed E-state index contributed by atoms with van der Waals surface area (Å²) in [6, 6.07) is 26.4. The summed E-state index contributed by atoms with van der Waals surface area (Å²) in [5.74, 6) is -0.549. The molecule has 2 aromatic heterocycles. The molecule has 7 heteroatoms. The van der Waals surface area contributed by atoms with Crippen LogP contribution in [0.1, 0.15) is 33.2 Å². The van der Waals surface area contributed by atoms with Gasteiger partial charge in [-0.1, -0.05) is 60.7 Å². The number of fused-ring (bicyclic) bond motifs is 2. The number of carbonyl (C=O) groups excluding carboxylic acids is 2. The van der Waals surface area contributed by atoms with E-state index in [1.807, 2.05) is 65.2 Å². The first-order chi connectivity index (χ1) is 17.2. The molecule has 7 nitrogen and oxygen atoms in total. The Morgan fingerprint density at radius 2 is 1.49 bits per heavy atom. The Morgan fingerprint density at radius 3 is 2.17 bits per heavy atom. The number of nitrogens with zero attached hydrogens (tertiary/aromatic N) is 3. The van der Waals surface area contributed by atoms with Gasteiger partial charge in [-0.15, -0.1) is 0 Å². The predicted octanol–water partition coefficient (Wildman–Crippen LogP) is 5.26. The van der Waals surface area contributed by atoms with E-state index in [1.54, 1.807) is 31.2 Å². The van der Waals surface area contributed by atoms with E-state index < -0.39 is 5.97 Å². The molecule has 5 rings (SSSR count). The van der Waals surface area contributed by atoms with Crippen LogP contribution in [0.5, 0.6) is 0 Å². The molecule has 0 fully saturated rings. The van der Waals surface area contributed by atoms with E-state index in [-0.39, 0.29) is 18.1 Å². The highest BCUT2D eigenvalue weighted by Crippen LogP contribution is 2.31. The molecule has 0 atom stereocenters. The van der Waals surface area contributed by atoms with Crippen LogP contribution in [-0.2, 0) is 17.7 Å². The Bertz CT molecular complexity index is 1510. The van der Waals surface area contributed by atoms with Crippen LogP contribution in [0.25, 0.3) is 22.2 Å². The molecule has 0 radical (unpaired) electrons. The van der Waals surface area contributed by atoms with Crippen molar-refractivity contribution in [1.82, 2.24) is 14.5 Å². The molecule has 3 aromatic carbocycles. The minimum Gasteiger partial charge on any atom is -0.462 e. The van der Waals surface area contributed by atoms with Crippen molar-refractivity contribution in [2.24, 2.45) is 0 Å². The zero-order chi connectivity index (χ0) is 24.2. The van der Waals surface area contributed by atoms with Crippen molar-refractivity contribution in [2.45, 2.75) is 19.9 Å². The summed E-state index contributed by atoms with van der Waals surface area (Å²) in [5.41, 5.74) is 4.10. The van der Waals surface area contributed by atoms with Crippen LogP contribution < -0.4 is 5.32 Å². The van der Waals surface area contributed by atoms with Gasteiger partial charge < -0.3 is 14.6 Å². The van der Waals surface area contributed by atoms with E-state index in [4.69, 9.17) is 14.7 Å². The van der Waals surface area contributed by atoms with Gasteiger partial charge in [-0.25, -0.2) is 14.8 Å². The maximum absolute atomic E-state index is 13.2. The first kappa shape index (κ1) is 22.3. The molecule has 2 heterocycles. The molecule has 0 aliphatic heterocycles. The van der Waals surface area contributed by atoms with Crippen molar-refractivity contribution in [2.75, 3.05) is 11.9 Å². The molecule has 0 saturated heterocycles. The highest BCUT2D eigenvalue weighted by Gasteiger charge is 2.28. The Balaban J connectivity index is 1.70. The van der Waals surface area contributed by atoms with Crippen LogP contribution >= 0.6 is 0 Å². The van der Waals surface area contributed by atoms with Gasteiger partial charge >= 0.3 is 5.97 Å². The third-order valence-electron chi connectivity index (χ3n) is 5.77. The second kappa shape index (κ2) is 9.77. The molecule has 0 aliphatic rings. The predicted molar refractivity (Wildman–Crippen MR) is 136 cm³/mol. The monoisotopic (exact) mass is 464 g/mol. The average molecular weight is 465 g/mol. The Morgan fingerprint density at radius 1 is 0.857 bits per heavy atom. The molecule has 174 valence electrons. The minimum absolute atomic E-state index is 0.197. The average Bonchev–Trinajstić information content (AvgIpc) is 3.19. The summed E-state index contributed by atoms with van der Waals surface area (Å²) in [5, 5.41) is 2.96. The van der Waals surface area contributed by atoms with E-state index in [0.717, 1.165) is 5.56 Å². The fourth-order valence-electron chi connectivity index (χ4n) is 4.10. The van der Waals surface area contributed by atoms with E-state index in [2.05, 4.69) is 5.32 Å². The van der Waals surface area contributed by atoms with Crippen LogP contribution in [0.15, 0.2) is 84.9 Å². The van der Waals surface area contributed by atoms with E-state index >= 15 is 0 Å². The molecule has 0 spiro atoms. The van der Waals surface area contributed by atoms with Crippen LogP contribution in [0, 0.1) is 0 Å². The topological polar surface area (TPSA) is 86.1 Å². The van der Waals surface area contributed by atoms with Crippen LogP contribution in [0.2, 0.25) is 0 Å². The number of aromatic nitrogens is 3. The fraction of sp³-hybridized carbons (Fsp3) is 0.143. The number of amides is 1. The largest absolute Gasteiger partial charge is 0.462 e. The number of ether oxygens (including phenoxy) is 1. The van der Waals surface area contributed by atoms with Gasteiger partial charge in [0.15, 0.2) is 5.65 Å². The number of nitrogens with one attached hydrogen (secondary N) is 1. The molecule has 35 heavy (non-hydrogen) atoms. The maximum Gasteiger partial charge on any atom is 0.344 e. The molecule has 5 aromatic rings. The number of carbonyl (C=O) groups is 2. The van der Waals surface area contributed by atoms with Crippen LogP contribution in [-0.4, -0.2) is 33.0 Å². The molecule has 1 N–H and O–H groups in total. The van der Waals surface area contributed by atoms with Gasteiger partial charge in [-0.3, -0.25) is 4.79 Å². The third kappa shape index (κ3) is 4.48. The zero-order valence-electron chi connectivity index (χ0n) is 19.3. The van der Waals surface area contributed by atoms with Gasteiger partial charge in [-0.05, 0) is 43.2 Å². The molecule has 0 bridgehead atoms. The number of anilines is 1. The number of esters is 1. The Hall–Kier alpha value is -4.52. The summed E-state index contributed by atoms with van der Waals surface area (Å²) in [6.45, 7) is 2.43. The summed E-state index contributed by atoms with van der Waals surface area (Å²) in [7, 11) is 0. The molecule has 1 amide bonds. The SMILES string of the molecule is CCOC(=O)c1c(NC(=O)c2ccccc2)n(CCc2ccccc2)c2nc3ccccc3nc12. The van der Waals surface area contributed by atoms with Crippen molar-refractivity contribution < 1.29 is 14.3 Å². The maximum atomic E-state index is 13.2. The van der Waals surface area contributed by atoms with Crippen LogP contribution in [0.4, 0.5) is 5.82 Å². The van der Waals surface area contributed by atoms with Crippen molar-refractivity contribution in [1.29, 1.82) is 0 Å². The number of benzene rings is 3. The Labute approximate surface area is 202 Å². The first-order valence-electron chi connectivity index (χ1n) is 11.5. The van der Waals surface area contributed by atoms with Gasteiger partial charge in [0.2, 0.25) is 0 Å². The normalized spacial score (nSPS) is 11.0. The highest BCUT2D eigenvalue weighted by atomic mass is 16.5. The van der Waals surface area contributed by atoms with Gasteiger partial charge in [0.1, 0.15) is 16.9 Å². The Kier molecular flexibility index (Phi) is 6.22. The van der Waals surface area contributed by atoms with E-state index in [9.17, 15) is 9.59 Å². The highest BCUT2D eigenvalue weighted by molar-refractivity contribution is 6.13. The number of para-hydroxylation sites is 2. The number of hydrogen-bond acceptors (Lipinski definition) is 5. The van der Waals surface area contributed by atoms with E-state index in [1.165, 1.54) is 0 Å². The van der Waals surface area contributed by atoms with E-state index in [0.29, 0.717) is 46.5 Å². The summed E-state index contributed by atoms with van der Waals surface area (Å²) >= 11 is 0. The van der Waals surface area contributed by atoms with Crippen LogP contribution in [0.3, 0.4) is 0 Å². The third-order valence-corrected chi connectivity index (χ3v) is 5.77. The lowest BCUT2D eigenvalue weighted by atomic mass is 10.1. The first-order valence-corrected chi connectivity index (χ1v) is 11.5. The molecular formula is C28H24N4O3. The lowest BCUT2D eigenvalue weighted by Crippen LogP contribution is -2.19. The molecule has 0 saturated carbocycles. The molecular weight excluding hydrogens is 440 g/mol. The second-order valence-corrected chi connectivity index (χ2v) is 8.04. The standard InChI is InChI=1S/C28H24N4O3/c1-2-35-28(34)23-24-26(30-22-16-10-9-15-21(22)29-24)32(18-17-19-11-5-3-6-12-19)25(23)31-27(33)20-13-7-4-8-14-20/h3-16H,2,17-18H2,1H3,(H,31,33). The van der Waals surface area contributed by atoms with Crippen molar-refractivity contribution in [3.8, 4) is 0 Å². The number of hydrogen-bond donors (Lipinski definition) is 1. The van der Waals surface area contributed by atoms with Gasteiger partial charge in [-0.2, -0.15) is 0 Å². The van der Waals surface area contributed by atoms with Crippen molar-refractivity contribution in [3.05, 3.63) is 102 Å². The number of aryl methyl sites for hydroxylation is 2. The summed E-state index contributed by atoms with van der Waals surface area (Å²) in [6.07, 6.45) is 0.676. The van der Waals surface area contributed by atoms with Gasteiger partial charge in [0.25, 0.3) is 5.91 Å². The quantitative estimate of drug-likeness (QED) is 0.332. The summed E-state index contributed by atoms with van der Waals surface area (Å²) in [4.78, 5) is 35.9. The van der Waals surface area contributed by atoms with Gasteiger partial charge in [0, 0.05) is 12.1 Å². The lowest BCUT2D eigenvalue weighted by molar-refractivity contribution is 0.0529. The molecule has 0 unspecified atom stereocenters. The fourth-order valence-corrected chi connectivity index (χ4v) is 4.10. The van der Waals surface area contributed by atoms with Gasteiger partial charge in [0.05, 0.1) is 17.6 Å². The zero-order valence-corrected chi connectivity index (χ0v) is 19.3. The lowest BCUT2D eigenvalue weighted by Gasteiger charge is -2.13. The van der Waals surface area contributed by atoms with Crippen molar-refractivity contribution >= 4 is 39.9 Å². The smallest absolute Gasteiger partial charge is 0.344 e. The minimum atomic E-state index is -0.552. The molecule has 0 aliphatic carbocycles. The summed E-state index contributed by atoms with van der Waals surface area (Å²) < 4.78 is 7.24.